The number of hydrogen-bond acceptors (Lipinski definition) is 6. The van der Waals surface area contributed by atoms with E-state index in [1.807, 2.05) is 0 Å². The number of benzene rings is 1. The van der Waals surface area contributed by atoms with E-state index < -0.39 is 17.8 Å². The average molecular weight is 336 g/mol. The Kier molecular flexibility index (Phi) is 5.23. The maximum Gasteiger partial charge on any atom is 0.306 e. The molecule has 7 nitrogen and oxygen atoms in total. The Morgan fingerprint density at radius 3 is 2.58 bits per heavy atom. The molecule has 1 aromatic rings. The van der Waals surface area contributed by atoms with Crippen LogP contribution in [0.1, 0.15) is 53.0 Å². The van der Waals surface area contributed by atoms with Gasteiger partial charge in [0.15, 0.2) is 19.2 Å². The summed E-state index contributed by atoms with van der Waals surface area (Å²) in [5.74, 6) is -2.42. The lowest BCUT2D eigenvalue weighted by Gasteiger charge is -2.24. The Hall–Kier alpha value is -2.41. The van der Waals surface area contributed by atoms with Crippen LogP contribution in [0.3, 0.4) is 0 Å². The maximum absolute atomic E-state index is 12.2. The topological polar surface area (TPSA) is 99.1 Å². The number of carbonyl (C=O) groups is 3. The Balaban J connectivity index is 2.72. The highest BCUT2D eigenvalue weighted by atomic mass is 16.7. The minimum atomic E-state index is -1.00. The molecule has 0 aliphatic carbocycles. The number of fused-ring (bicyclic) bond motifs is 1. The molecule has 0 bridgehead atoms. The monoisotopic (exact) mass is 336 g/mol. The van der Waals surface area contributed by atoms with Gasteiger partial charge in [-0.2, -0.15) is 0 Å². The third kappa shape index (κ3) is 3.12. The van der Waals surface area contributed by atoms with Crippen LogP contribution in [0.2, 0.25) is 0 Å². The molecule has 0 saturated carbocycles. The number of Topliss-reactive ketones (excluding diaryl/α,β-unsaturated/α-hetero) is 2. The number of ether oxygens (including phenoxy) is 3. The molecule has 0 fully saturated rings. The minimum absolute atomic E-state index is 0.137. The standard InChI is InChI=1S/C17H20O7/c1-8(9(2)17(20)21)14-11(10(3)18)5-13-15(12(19)6-23-13)16(14)24-7-22-4/h5,8-9H,6-7H2,1-4H3,(H,20,21). The van der Waals surface area contributed by atoms with Gasteiger partial charge in [-0.1, -0.05) is 13.8 Å². The van der Waals surface area contributed by atoms with Gasteiger partial charge in [-0.15, -0.1) is 0 Å². The molecule has 2 rings (SSSR count). The molecule has 0 aromatic heterocycles. The first-order chi connectivity index (χ1) is 11.3. The number of ketones is 2. The molecule has 2 atom stereocenters. The van der Waals surface area contributed by atoms with E-state index in [9.17, 15) is 19.5 Å². The highest BCUT2D eigenvalue weighted by Crippen LogP contribution is 2.44. The van der Waals surface area contributed by atoms with Crippen molar-refractivity contribution in [1.82, 2.24) is 0 Å². The van der Waals surface area contributed by atoms with Crippen molar-refractivity contribution in [3.8, 4) is 11.5 Å². The third-order valence-electron chi connectivity index (χ3n) is 4.22. The van der Waals surface area contributed by atoms with E-state index in [1.165, 1.54) is 20.1 Å². The van der Waals surface area contributed by atoms with Gasteiger partial charge in [0.25, 0.3) is 0 Å². The summed E-state index contributed by atoms with van der Waals surface area (Å²) in [6, 6.07) is 1.49. The van der Waals surface area contributed by atoms with Crippen LogP contribution in [0, 0.1) is 5.92 Å². The number of carboxylic acids is 1. The Labute approximate surface area is 139 Å². The quantitative estimate of drug-likeness (QED) is 0.602. The lowest BCUT2D eigenvalue weighted by atomic mass is 9.83. The zero-order valence-electron chi connectivity index (χ0n) is 14.0. The average Bonchev–Trinajstić information content (AvgIpc) is 2.91. The highest BCUT2D eigenvalue weighted by molar-refractivity contribution is 6.08. The maximum atomic E-state index is 12.2. The van der Waals surface area contributed by atoms with Gasteiger partial charge in [-0.3, -0.25) is 14.4 Å². The second-order valence-electron chi connectivity index (χ2n) is 5.77. The molecule has 130 valence electrons. The van der Waals surface area contributed by atoms with Gasteiger partial charge in [-0.05, 0) is 18.9 Å². The molecule has 0 amide bonds. The van der Waals surface area contributed by atoms with Crippen LogP contribution in [0.25, 0.3) is 0 Å². The van der Waals surface area contributed by atoms with Crippen molar-refractivity contribution in [3.05, 3.63) is 22.8 Å². The van der Waals surface area contributed by atoms with Gasteiger partial charge >= 0.3 is 5.97 Å². The van der Waals surface area contributed by atoms with Crippen molar-refractivity contribution in [2.24, 2.45) is 5.92 Å². The normalized spacial score (nSPS) is 15.4. The van der Waals surface area contributed by atoms with E-state index in [-0.39, 0.29) is 47.6 Å². The number of rotatable bonds is 7. The van der Waals surface area contributed by atoms with E-state index in [0.29, 0.717) is 5.56 Å². The highest BCUT2D eigenvalue weighted by Gasteiger charge is 2.35. The molecule has 1 aliphatic rings. The van der Waals surface area contributed by atoms with Gasteiger partial charge in [0.05, 0.1) is 5.92 Å². The SMILES string of the molecule is COCOc1c2c(cc(C(C)=O)c1C(C)C(C)C(=O)O)OCC2=O. The first kappa shape index (κ1) is 17.9. The predicted octanol–water partition coefficient (Wildman–Crippen LogP) is 2.27. The molecule has 0 saturated heterocycles. The van der Waals surface area contributed by atoms with Gasteiger partial charge in [0.1, 0.15) is 17.1 Å². The zero-order valence-corrected chi connectivity index (χ0v) is 14.0. The summed E-state index contributed by atoms with van der Waals surface area (Å²) < 4.78 is 15.8. The van der Waals surface area contributed by atoms with Crippen LogP contribution >= 0.6 is 0 Å². The molecule has 0 spiro atoms. The molecule has 1 N–H and O–H groups in total. The summed E-state index contributed by atoms with van der Waals surface area (Å²) in [4.78, 5) is 35.6. The minimum Gasteiger partial charge on any atom is -0.485 e. The van der Waals surface area contributed by atoms with Crippen molar-refractivity contribution in [2.45, 2.75) is 26.7 Å². The van der Waals surface area contributed by atoms with E-state index in [2.05, 4.69) is 0 Å². The fraction of sp³-hybridized carbons (Fsp3) is 0.471. The summed E-state index contributed by atoms with van der Waals surface area (Å²) >= 11 is 0. The summed E-state index contributed by atoms with van der Waals surface area (Å²) in [6.07, 6.45) is 0. The number of hydrogen-bond donors (Lipinski definition) is 1. The smallest absolute Gasteiger partial charge is 0.306 e. The fourth-order valence-corrected chi connectivity index (χ4v) is 2.72. The summed E-state index contributed by atoms with van der Waals surface area (Å²) in [7, 11) is 1.43. The first-order valence-corrected chi connectivity index (χ1v) is 7.51. The van der Waals surface area contributed by atoms with E-state index in [0.717, 1.165) is 0 Å². The van der Waals surface area contributed by atoms with Crippen LogP contribution in [0.4, 0.5) is 0 Å². The molecule has 1 aliphatic heterocycles. The van der Waals surface area contributed by atoms with Crippen LogP contribution in [-0.4, -0.2) is 43.2 Å². The van der Waals surface area contributed by atoms with Crippen LogP contribution in [0.5, 0.6) is 11.5 Å². The van der Waals surface area contributed by atoms with Crippen molar-refractivity contribution in [2.75, 3.05) is 20.5 Å². The molecular formula is C17H20O7. The molecule has 0 radical (unpaired) electrons. The van der Waals surface area contributed by atoms with Crippen LogP contribution in [0.15, 0.2) is 6.07 Å². The van der Waals surface area contributed by atoms with Gasteiger partial charge in [0, 0.05) is 18.2 Å². The lowest BCUT2D eigenvalue weighted by Crippen LogP contribution is -2.20. The largest absolute Gasteiger partial charge is 0.485 e. The predicted molar refractivity (Wildman–Crippen MR) is 84.0 cm³/mol. The molecule has 1 aromatic carbocycles. The molecule has 24 heavy (non-hydrogen) atoms. The summed E-state index contributed by atoms with van der Waals surface area (Å²) in [6.45, 7) is 4.33. The van der Waals surface area contributed by atoms with Gasteiger partial charge in [-0.25, -0.2) is 0 Å². The molecule has 7 heteroatoms. The van der Waals surface area contributed by atoms with Crippen molar-refractivity contribution < 1.29 is 33.7 Å². The summed E-state index contributed by atoms with van der Waals surface area (Å²) in [5.41, 5.74) is 0.915. The van der Waals surface area contributed by atoms with Gasteiger partial charge < -0.3 is 19.3 Å². The lowest BCUT2D eigenvalue weighted by molar-refractivity contribution is -0.141. The van der Waals surface area contributed by atoms with Crippen molar-refractivity contribution in [3.63, 3.8) is 0 Å². The van der Waals surface area contributed by atoms with Crippen LogP contribution < -0.4 is 9.47 Å². The van der Waals surface area contributed by atoms with Crippen LogP contribution in [-0.2, 0) is 9.53 Å². The number of carbonyl (C=O) groups excluding carboxylic acids is 2. The van der Waals surface area contributed by atoms with Crippen molar-refractivity contribution in [1.29, 1.82) is 0 Å². The Bertz CT molecular complexity index is 693. The van der Waals surface area contributed by atoms with E-state index >= 15 is 0 Å². The number of carboxylic acid groups (broad SMARTS) is 1. The Morgan fingerprint density at radius 2 is 2.04 bits per heavy atom. The zero-order chi connectivity index (χ0) is 18.0. The molecule has 1 heterocycles. The second kappa shape index (κ2) is 7.00. The number of methoxy groups -OCH3 is 1. The third-order valence-corrected chi connectivity index (χ3v) is 4.22. The van der Waals surface area contributed by atoms with Crippen molar-refractivity contribution >= 4 is 17.5 Å². The summed E-state index contributed by atoms with van der Waals surface area (Å²) in [5, 5.41) is 9.31. The second-order valence-corrected chi connectivity index (χ2v) is 5.77. The Morgan fingerprint density at radius 1 is 1.38 bits per heavy atom. The first-order valence-electron chi connectivity index (χ1n) is 7.51. The number of aliphatic carboxylic acids is 1. The van der Waals surface area contributed by atoms with E-state index in [4.69, 9.17) is 14.2 Å². The fourth-order valence-electron chi connectivity index (χ4n) is 2.72. The van der Waals surface area contributed by atoms with Gasteiger partial charge in [0.2, 0.25) is 5.78 Å². The molecular weight excluding hydrogens is 316 g/mol. The van der Waals surface area contributed by atoms with E-state index in [1.54, 1.807) is 13.8 Å². The molecule has 2 unspecified atom stereocenters.